The number of hydrogen-bond acceptors (Lipinski definition) is 2. The molecule has 0 fully saturated rings. The predicted octanol–water partition coefficient (Wildman–Crippen LogP) is 6.98. The van der Waals surface area contributed by atoms with Crippen LogP contribution in [-0.2, 0) is 9.59 Å². The van der Waals surface area contributed by atoms with Crippen LogP contribution in [0, 0.1) is 11.8 Å². The van der Waals surface area contributed by atoms with E-state index in [4.69, 9.17) is 0 Å². The van der Waals surface area contributed by atoms with E-state index >= 15 is 0 Å². The summed E-state index contributed by atoms with van der Waals surface area (Å²) in [5.74, 6) is -3.43. The van der Waals surface area contributed by atoms with Gasteiger partial charge in [0, 0.05) is 0 Å². The Kier molecular flexibility index (Phi) is 12.9. The van der Waals surface area contributed by atoms with Crippen molar-refractivity contribution in [2.75, 3.05) is 0 Å². The highest BCUT2D eigenvalue weighted by atomic mass is 16.4. The average Bonchev–Trinajstić information content (AvgIpc) is 2.67. The lowest BCUT2D eigenvalue weighted by Crippen LogP contribution is -2.33. The van der Waals surface area contributed by atoms with Gasteiger partial charge in [0.2, 0.25) is 0 Å². The molecule has 4 heteroatoms. The molecule has 2 unspecified atom stereocenters. The van der Waals surface area contributed by atoms with Gasteiger partial charge >= 0.3 is 11.9 Å². The van der Waals surface area contributed by atoms with Crippen LogP contribution in [0.15, 0.2) is 11.1 Å². The van der Waals surface area contributed by atoms with E-state index in [0.717, 1.165) is 25.7 Å². The molecule has 0 spiro atoms. The summed E-state index contributed by atoms with van der Waals surface area (Å²) in [7, 11) is 0. The van der Waals surface area contributed by atoms with Crippen molar-refractivity contribution in [3.63, 3.8) is 0 Å². The quantitative estimate of drug-likeness (QED) is 0.219. The van der Waals surface area contributed by atoms with Gasteiger partial charge in [0.05, 0.1) is 11.8 Å². The van der Waals surface area contributed by atoms with Crippen LogP contribution < -0.4 is 0 Å². The lowest BCUT2D eigenvalue weighted by molar-refractivity contribution is -0.154. The summed E-state index contributed by atoms with van der Waals surface area (Å²) >= 11 is 0. The maximum atomic E-state index is 11.6. The van der Waals surface area contributed by atoms with Gasteiger partial charge in [0.25, 0.3) is 0 Å². The number of rotatable bonds is 16. The molecule has 162 valence electrons. The van der Waals surface area contributed by atoms with Gasteiger partial charge in [-0.05, 0) is 38.5 Å². The van der Waals surface area contributed by atoms with Crippen molar-refractivity contribution >= 4 is 11.9 Å². The average molecular weight is 395 g/mol. The normalized spacial score (nSPS) is 19.8. The molecule has 28 heavy (non-hydrogen) atoms. The summed E-state index contributed by atoms with van der Waals surface area (Å²) in [5.41, 5.74) is 2.52. The third-order valence-electron chi connectivity index (χ3n) is 6.22. The first-order chi connectivity index (χ1) is 13.5. The summed E-state index contributed by atoms with van der Waals surface area (Å²) in [5, 5.41) is 19.1. The van der Waals surface area contributed by atoms with E-state index in [1.807, 2.05) is 0 Å². The second kappa shape index (κ2) is 14.6. The molecule has 2 atom stereocenters. The van der Waals surface area contributed by atoms with Crippen LogP contribution in [0.25, 0.3) is 0 Å². The summed E-state index contributed by atoms with van der Waals surface area (Å²) in [6.07, 6.45) is 17.4. The summed E-state index contributed by atoms with van der Waals surface area (Å²) in [6, 6.07) is 0. The van der Waals surface area contributed by atoms with Gasteiger partial charge in [-0.2, -0.15) is 0 Å². The zero-order valence-corrected chi connectivity index (χ0v) is 18.2. The minimum atomic E-state index is -0.952. The van der Waals surface area contributed by atoms with Crippen LogP contribution in [0.2, 0.25) is 0 Å². The number of unbranched alkanes of at least 4 members (excludes halogenated alkanes) is 10. The Morgan fingerprint density at radius 1 is 0.643 bits per heavy atom. The van der Waals surface area contributed by atoms with Gasteiger partial charge in [-0.15, -0.1) is 0 Å². The van der Waals surface area contributed by atoms with Crippen molar-refractivity contribution in [2.24, 2.45) is 11.8 Å². The minimum Gasteiger partial charge on any atom is -0.481 e. The van der Waals surface area contributed by atoms with Crippen molar-refractivity contribution < 1.29 is 19.8 Å². The lowest BCUT2D eigenvalue weighted by atomic mass is 9.73. The zero-order valence-electron chi connectivity index (χ0n) is 18.2. The molecule has 2 N–H and O–H groups in total. The van der Waals surface area contributed by atoms with Crippen LogP contribution >= 0.6 is 0 Å². The number of allylic oxidation sites excluding steroid dienone is 2. The maximum absolute atomic E-state index is 11.6. The van der Waals surface area contributed by atoms with Crippen LogP contribution in [-0.4, -0.2) is 22.2 Å². The standard InChI is InChI=1S/C24H42O4/c1-3-5-7-9-11-13-15-19-17-21(23(25)26)22(24(27)28)18-20(19)16-14-12-10-8-6-4-2/h21-22H,3-18H2,1-2H3,(H,25,26)(H,27,28). The number of carboxylic acid groups (broad SMARTS) is 2. The molecule has 0 aromatic carbocycles. The first kappa shape index (κ1) is 24.7. The molecule has 4 nitrogen and oxygen atoms in total. The number of hydrogen-bond donors (Lipinski definition) is 2. The Labute approximate surface area is 171 Å². The summed E-state index contributed by atoms with van der Waals surface area (Å²) < 4.78 is 0. The van der Waals surface area contributed by atoms with Gasteiger partial charge < -0.3 is 10.2 Å². The van der Waals surface area contributed by atoms with Crippen molar-refractivity contribution in [3.8, 4) is 0 Å². The van der Waals surface area contributed by atoms with E-state index < -0.39 is 23.8 Å². The molecule has 0 saturated carbocycles. The van der Waals surface area contributed by atoms with E-state index in [1.54, 1.807) is 0 Å². The van der Waals surface area contributed by atoms with Gasteiger partial charge in [0.15, 0.2) is 0 Å². The molecule has 0 radical (unpaired) electrons. The van der Waals surface area contributed by atoms with Crippen molar-refractivity contribution in [1.82, 2.24) is 0 Å². The maximum Gasteiger partial charge on any atom is 0.307 e. The van der Waals surface area contributed by atoms with Crippen molar-refractivity contribution in [3.05, 3.63) is 11.1 Å². The molecule has 1 rings (SSSR count). The number of aliphatic carboxylic acids is 2. The van der Waals surface area contributed by atoms with Crippen LogP contribution in [0.5, 0.6) is 0 Å². The monoisotopic (exact) mass is 394 g/mol. The fraction of sp³-hybridized carbons (Fsp3) is 0.833. The number of carboxylic acids is 2. The number of carbonyl (C=O) groups is 2. The van der Waals surface area contributed by atoms with Crippen LogP contribution in [0.4, 0.5) is 0 Å². The molecule has 0 aliphatic heterocycles. The van der Waals surface area contributed by atoms with Crippen molar-refractivity contribution in [2.45, 2.75) is 117 Å². The molecule has 1 aliphatic carbocycles. The van der Waals surface area contributed by atoms with Crippen molar-refractivity contribution in [1.29, 1.82) is 0 Å². The zero-order chi connectivity index (χ0) is 20.8. The van der Waals surface area contributed by atoms with Crippen LogP contribution in [0.1, 0.15) is 117 Å². The first-order valence-corrected chi connectivity index (χ1v) is 11.7. The van der Waals surface area contributed by atoms with E-state index in [2.05, 4.69) is 13.8 Å². The summed E-state index contributed by atoms with van der Waals surface area (Å²) in [6.45, 7) is 4.43. The fourth-order valence-electron chi connectivity index (χ4n) is 4.42. The third kappa shape index (κ3) is 9.25. The van der Waals surface area contributed by atoms with E-state index in [0.29, 0.717) is 12.8 Å². The Hall–Kier alpha value is -1.32. The summed E-state index contributed by atoms with van der Waals surface area (Å²) in [4.78, 5) is 23.3. The van der Waals surface area contributed by atoms with Gasteiger partial charge in [-0.1, -0.05) is 89.2 Å². The smallest absolute Gasteiger partial charge is 0.307 e. The highest BCUT2D eigenvalue weighted by Gasteiger charge is 2.38. The predicted molar refractivity (Wildman–Crippen MR) is 114 cm³/mol. The molecule has 0 saturated heterocycles. The molecule has 0 aromatic heterocycles. The molecule has 0 bridgehead atoms. The largest absolute Gasteiger partial charge is 0.481 e. The molecule has 0 amide bonds. The minimum absolute atomic E-state index is 0.437. The Morgan fingerprint density at radius 3 is 1.29 bits per heavy atom. The lowest BCUT2D eigenvalue weighted by Gasteiger charge is -2.30. The molecular weight excluding hydrogens is 352 g/mol. The third-order valence-corrected chi connectivity index (χ3v) is 6.22. The van der Waals surface area contributed by atoms with E-state index in [9.17, 15) is 19.8 Å². The van der Waals surface area contributed by atoms with Gasteiger partial charge in [0.1, 0.15) is 0 Å². The fourth-order valence-corrected chi connectivity index (χ4v) is 4.42. The Morgan fingerprint density at radius 2 is 0.964 bits per heavy atom. The van der Waals surface area contributed by atoms with Gasteiger partial charge in [-0.3, -0.25) is 9.59 Å². The van der Waals surface area contributed by atoms with Crippen LogP contribution in [0.3, 0.4) is 0 Å². The van der Waals surface area contributed by atoms with Gasteiger partial charge in [-0.25, -0.2) is 0 Å². The molecule has 1 aliphatic rings. The van der Waals surface area contributed by atoms with E-state index in [-0.39, 0.29) is 0 Å². The second-order valence-electron chi connectivity index (χ2n) is 8.54. The highest BCUT2D eigenvalue weighted by Crippen LogP contribution is 2.39. The first-order valence-electron chi connectivity index (χ1n) is 11.7. The Bertz CT molecular complexity index is 451. The highest BCUT2D eigenvalue weighted by molar-refractivity contribution is 5.81. The molecular formula is C24H42O4. The Balaban J connectivity index is 2.67. The SMILES string of the molecule is CCCCCCCCC1=C(CCCCCCCC)CC(C(=O)O)C(C(=O)O)C1. The van der Waals surface area contributed by atoms with E-state index in [1.165, 1.54) is 75.4 Å². The second-order valence-corrected chi connectivity index (χ2v) is 8.54. The molecule has 0 aromatic rings. The topological polar surface area (TPSA) is 74.6 Å². The molecule has 0 heterocycles.